The van der Waals surface area contributed by atoms with Gasteiger partial charge in [0.1, 0.15) is 0 Å². The fourth-order valence-corrected chi connectivity index (χ4v) is 3.97. The van der Waals surface area contributed by atoms with Gasteiger partial charge in [-0.3, -0.25) is 0 Å². The van der Waals surface area contributed by atoms with Crippen molar-refractivity contribution in [1.82, 2.24) is 9.62 Å². The molecule has 0 aromatic heterocycles. The van der Waals surface area contributed by atoms with Gasteiger partial charge >= 0.3 is 12.1 Å². The number of hydrogen-bond acceptors (Lipinski definition) is 5. The highest BCUT2D eigenvalue weighted by molar-refractivity contribution is 7.89. The van der Waals surface area contributed by atoms with Gasteiger partial charge in [0.15, 0.2) is 0 Å². The normalized spacial score (nSPS) is 16.5. The van der Waals surface area contributed by atoms with Crippen LogP contribution in [0.1, 0.15) is 30.1 Å². The van der Waals surface area contributed by atoms with Crippen LogP contribution >= 0.6 is 0 Å². The molecule has 0 spiro atoms. The lowest BCUT2D eigenvalue weighted by Crippen LogP contribution is -2.46. The number of sulfonamides is 1. The maximum Gasteiger partial charge on any atom is 0.407 e. The van der Waals surface area contributed by atoms with Gasteiger partial charge in [0.2, 0.25) is 10.0 Å². The quantitative estimate of drug-likeness (QED) is 0.822. The van der Waals surface area contributed by atoms with Gasteiger partial charge in [-0.25, -0.2) is 18.0 Å². The van der Waals surface area contributed by atoms with Crippen molar-refractivity contribution in [2.24, 2.45) is 0 Å². The van der Waals surface area contributed by atoms with Crippen LogP contribution < -0.4 is 5.32 Å². The molecule has 1 aliphatic rings. The number of alkyl carbamates (subject to hydrolysis) is 1. The van der Waals surface area contributed by atoms with Gasteiger partial charge in [-0.1, -0.05) is 0 Å². The Morgan fingerprint density at radius 3 is 2.33 bits per heavy atom. The molecule has 24 heavy (non-hydrogen) atoms. The Morgan fingerprint density at radius 1 is 1.25 bits per heavy atom. The first kappa shape index (κ1) is 18.2. The van der Waals surface area contributed by atoms with E-state index in [1.165, 1.54) is 28.6 Å². The summed E-state index contributed by atoms with van der Waals surface area (Å²) in [7, 11) is -3.67. The van der Waals surface area contributed by atoms with Crippen molar-refractivity contribution in [2.75, 3.05) is 19.7 Å². The van der Waals surface area contributed by atoms with E-state index < -0.39 is 22.1 Å². The standard InChI is InChI=1S/C15H20N2O6S/c1-2-23-15(20)16-12-7-9-17(10-8-12)24(21,22)13-5-3-11(4-6-13)14(18)19/h3-6,12H,2,7-10H2,1H3,(H,16,20)(H,18,19). The number of ether oxygens (including phenoxy) is 1. The Hall–Kier alpha value is -2.13. The van der Waals surface area contributed by atoms with E-state index in [1.54, 1.807) is 6.92 Å². The number of piperidine rings is 1. The van der Waals surface area contributed by atoms with Crippen molar-refractivity contribution < 1.29 is 27.9 Å². The summed E-state index contributed by atoms with van der Waals surface area (Å²) in [4.78, 5) is 22.3. The molecule has 0 bridgehead atoms. The molecule has 0 atom stereocenters. The van der Waals surface area contributed by atoms with E-state index in [0.29, 0.717) is 12.8 Å². The molecular weight excluding hydrogens is 336 g/mol. The van der Waals surface area contributed by atoms with E-state index in [4.69, 9.17) is 9.84 Å². The van der Waals surface area contributed by atoms with Gasteiger partial charge in [-0.05, 0) is 44.0 Å². The van der Waals surface area contributed by atoms with E-state index in [9.17, 15) is 18.0 Å². The molecule has 0 unspecified atom stereocenters. The zero-order valence-electron chi connectivity index (χ0n) is 13.3. The lowest BCUT2D eigenvalue weighted by molar-refractivity contribution is 0.0696. The molecule has 8 nitrogen and oxygen atoms in total. The summed E-state index contributed by atoms with van der Waals surface area (Å²) in [5, 5.41) is 11.6. The molecule has 1 heterocycles. The average molecular weight is 356 g/mol. The van der Waals surface area contributed by atoms with Crippen molar-refractivity contribution in [1.29, 1.82) is 0 Å². The van der Waals surface area contributed by atoms with Crippen LogP contribution in [-0.4, -0.2) is 55.6 Å². The van der Waals surface area contributed by atoms with Crippen LogP contribution in [0.2, 0.25) is 0 Å². The number of nitrogens with zero attached hydrogens (tertiary/aromatic N) is 1. The number of carbonyl (C=O) groups excluding carboxylic acids is 1. The molecule has 1 aromatic rings. The fourth-order valence-electron chi connectivity index (χ4n) is 2.50. The van der Waals surface area contributed by atoms with Crippen molar-refractivity contribution in [3.8, 4) is 0 Å². The van der Waals surface area contributed by atoms with Gasteiger partial charge in [-0.2, -0.15) is 4.31 Å². The molecule has 0 saturated carbocycles. The minimum absolute atomic E-state index is 0.0336. The predicted molar refractivity (Wildman–Crippen MR) is 85.3 cm³/mol. The summed E-state index contributed by atoms with van der Waals surface area (Å²) < 4.78 is 31.3. The van der Waals surface area contributed by atoms with E-state index in [1.807, 2.05) is 0 Å². The van der Waals surface area contributed by atoms with Crippen molar-refractivity contribution in [2.45, 2.75) is 30.7 Å². The molecule has 1 aromatic carbocycles. The van der Waals surface area contributed by atoms with E-state index in [2.05, 4.69) is 5.32 Å². The van der Waals surface area contributed by atoms with E-state index in [0.717, 1.165) is 0 Å². The molecule has 2 rings (SSSR count). The summed E-state index contributed by atoms with van der Waals surface area (Å²) >= 11 is 0. The first-order chi connectivity index (χ1) is 11.3. The molecule has 1 fully saturated rings. The SMILES string of the molecule is CCOC(=O)NC1CCN(S(=O)(=O)c2ccc(C(=O)O)cc2)CC1. The van der Waals surface area contributed by atoms with E-state index >= 15 is 0 Å². The maximum atomic E-state index is 12.6. The maximum absolute atomic E-state index is 12.6. The zero-order valence-corrected chi connectivity index (χ0v) is 14.1. The lowest BCUT2D eigenvalue weighted by Gasteiger charge is -2.31. The van der Waals surface area contributed by atoms with Crippen LogP contribution in [0, 0.1) is 0 Å². The van der Waals surface area contributed by atoms with Crippen LogP contribution in [0.3, 0.4) is 0 Å². The molecule has 132 valence electrons. The summed E-state index contributed by atoms with van der Waals surface area (Å²) in [5.41, 5.74) is 0.0336. The van der Waals surface area contributed by atoms with Crippen LogP contribution in [0.4, 0.5) is 4.79 Å². The summed E-state index contributed by atoms with van der Waals surface area (Å²) in [6.45, 7) is 2.55. The molecule has 9 heteroatoms. The van der Waals surface area contributed by atoms with E-state index in [-0.39, 0.29) is 36.2 Å². The number of amides is 1. The van der Waals surface area contributed by atoms with Crippen molar-refractivity contribution >= 4 is 22.1 Å². The Balaban J connectivity index is 1.99. The number of carboxylic acids is 1. The fraction of sp³-hybridized carbons (Fsp3) is 0.467. The minimum atomic E-state index is -3.67. The number of carbonyl (C=O) groups is 2. The molecule has 1 amide bonds. The third kappa shape index (κ3) is 4.24. The Bertz CT molecular complexity index is 693. The topological polar surface area (TPSA) is 113 Å². The number of nitrogens with one attached hydrogen (secondary N) is 1. The predicted octanol–water partition coefficient (Wildman–Crippen LogP) is 1.28. The largest absolute Gasteiger partial charge is 0.478 e. The highest BCUT2D eigenvalue weighted by Crippen LogP contribution is 2.21. The Kier molecular flexibility index (Phi) is 5.79. The van der Waals surface area contributed by atoms with Gasteiger partial charge in [0, 0.05) is 19.1 Å². The van der Waals surface area contributed by atoms with Crippen molar-refractivity contribution in [3.05, 3.63) is 29.8 Å². The van der Waals surface area contributed by atoms with Gasteiger partial charge in [-0.15, -0.1) is 0 Å². The number of aromatic carboxylic acids is 1. The summed E-state index contributed by atoms with van der Waals surface area (Å²) in [6.07, 6.45) is 0.485. The molecule has 2 N–H and O–H groups in total. The second-order valence-corrected chi connectivity index (χ2v) is 7.31. The number of rotatable bonds is 5. The van der Waals surface area contributed by atoms with Gasteiger partial charge in [0.25, 0.3) is 0 Å². The number of hydrogen-bond donors (Lipinski definition) is 2. The van der Waals surface area contributed by atoms with Crippen LogP contribution in [0.25, 0.3) is 0 Å². The van der Waals surface area contributed by atoms with Gasteiger partial charge in [0.05, 0.1) is 17.1 Å². The number of carboxylic acid groups (broad SMARTS) is 1. The summed E-state index contributed by atoms with van der Waals surface area (Å²) in [6, 6.07) is 5.00. The number of benzene rings is 1. The molecular formula is C15H20N2O6S. The zero-order chi connectivity index (χ0) is 17.7. The van der Waals surface area contributed by atoms with Gasteiger partial charge < -0.3 is 15.2 Å². The second kappa shape index (κ2) is 7.63. The molecule has 0 aliphatic carbocycles. The van der Waals surface area contributed by atoms with Crippen LogP contribution in [-0.2, 0) is 14.8 Å². The first-order valence-electron chi connectivity index (χ1n) is 7.61. The average Bonchev–Trinajstić information content (AvgIpc) is 2.55. The highest BCUT2D eigenvalue weighted by Gasteiger charge is 2.30. The molecule has 1 aliphatic heterocycles. The molecule has 0 radical (unpaired) electrons. The smallest absolute Gasteiger partial charge is 0.407 e. The Labute approximate surface area is 140 Å². The van der Waals surface area contributed by atoms with Crippen LogP contribution in [0.5, 0.6) is 0 Å². The van der Waals surface area contributed by atoms with Crippen LogP contribution in [0.15, 0.2) is 29.2 Å². The lowest BCUT2D eigenvalue weighted by atomic mass is 10.1. The Morgan fingerprint density at radius 2 is 1.83 bits per heavy atom. The third-order valence-corrected chi connectivity index (χ3v) is 5.70. The third-order valence-electron chi connectivity index (χ3n) is 3.79. The minimum Gasteiger partial charge on any atom is -0.478 e. The summed E-state index contributed by atoms with van der Waals surface area (Å²) in [5.74, 6) is -1.11. The van der Waals surface area contributed by atoms with Crippen molar-refractivity contribution in [3.63, 3.8) is 0 Å². The highest BCUT2D eigenvalue weighted by atomic mass is 32.2. The second-order valence-electron chi connectivity index (χ2n) is 5.37. The first-order valence-corrected chi connectivity index (χ1v) is 9.05. The molecule has 1 saturated heterocycles. The monoisotopic (exact) mass is 356 g/mol.